The van der Waals surface area contributed by atoms with Crippen LogP contribution >= 0.6 is 0 Å². The molecule has 0 aliphatic heterocycles. The van der Waals surface area contributed by atoms with E-state index in [9.17, 15) is 4.79 Å². The monoisotopic (exact) mass is 129 g/mol. The van der Waals surface area contributed by atoms with Crippen LogP contribution in [0.25, 0.3) is 0 Å². The van der Waals surface area contributed by atoms with Gasteiger partial charge in [0.2, 0.25) is 5.91 Å². The molecule has 0 radical (unpaired) electrons. The number of hydrogen-bond acceptors (Lipinski definition) is 1. The molecule has 0 saturated heterocycles. The van der Waals surface area contributed by atoms with E-state index in [0.29, 0.717) is 5.57 Å². The number of amides is 1. The first-order valence-electron chi connectivity index (χ1n) is 3.06. The number of carbonyl (C=O) groups excluding carboxylic acids is 1. The summed E-state index contributed by atoms with van der Waals surface area (Å²) in [5, 5.41) is 2.43. The lowest BCUT2D eigenvalue weighted by atomic mass is 10.3. The highest BCUT2D eigenvalue weighted by Crippen LogP contribution is 1.81. The predicted molar refractivity (Wildman–Crippen MR) is 40.2 cm³/mol. The van der Waals surface area contributed by atoms with Gasteiger partial charge in [-0.2, -0.15) is 0 Å². The number of likely N-dealkylation sites (N-methyl/N-ethyl adjacent to an activating group) is 1. The molecule has 0 saturated carbocycles. The number of nitrogens with one attached hydrogen (secondary N) is 1. The lowest BCUT2D eigenvalue weighted by molar-refractivity contribution is -0.116. The smallest absolute Gasteiger partial charge is 0.246 e. The van der Waals surface area contributed by atoms with Crippen LogP contribution in [0.4, 0.5) is 0 Å². The molecule has 0 unspecified atom stereocenters. The zero-order chi connectivity index (χ0) is 7.86. The average molecular weight is 129 g/mol. The third-order valence-corrected chi connectivity index (χ3v) is 0.615. The van der Waals surface area contributed by atoms with Crippen molar-refractivity contribution in [3.05, 3.63) is 12.2 Å². The van der Waals surface area contributed by atoms with Crippen molar-refractivity contribution in [2.45, 2.75) is 20.8 Å². The lowest BCUT2D eigenvalue weighted by Crippen LogP contribution is -2.17. The summed E-state index contributed by atoms with van der Waals surface area (Å²) >= 11 is 0. The van der Waals surface area contributed by atoms with Crippen LogP contribution in [0.1, 0.15) is 20.8 Å². The molecule has 9 heavy (non-hydrogen) atoms. The molecule has 0 aromatic heterocycles. The maximum atomic E-state index is 10.3. The van der Waals surface area contributed by atoms with Gasteiger partial charge in [0, 0.05) is 12.6 Å². The molecule has 2 heteroatoms. The second-order valence-electron chi connectivity index (χ2n) is 1.36. The van der Waals surface area contributed by atoms with Gasteiger partial charge in [-0.25, -0.2) is 0 Å². The zero-order valence-corrected chi connectivity index (χ0v) is 6.62. The minimum absolute atomic E-state index is 0.0972. The first kappa shape index (κ1) is 11.1. The van der Waals surface area contributed by atoms with Crippen LogP contribution in [0.15, 0.2) is 12.2 Å². The van der Waals surface area contributed by atoms with Crippen molar-refractivity contribution in [3.63, 3.8) is 0 Å². The first-order chi connectivity index (χ1) is 4.18. The lowest BCUT2D eigenvalue weighted by Gasteiger charge is -1.91. The van der Waals surface area contributed by atoms with Crippen molar-refractivity contribution >= 4 is 5.91 Å². The maximum absolute atomic E-state index is 10.3. The molecule has 54 valence electrons. The molecule has 0 atom stereocenters. The molecule has 1 amide bonds. The standard InChI is InChI=1S/C5H9NO.C2H6/c1-4(2)5(7)6-3;1-2/h1H2,2-3H3,(H,6,7);1-2H3. The second-order valence-corrected chi connectivity index (χ2v) is 1.36. The highest BCUT2D eigenvalue weighted by molar-refractivity contribution is 5.91. The van der Waals surface area contributed by atoms with Gasteiger partial charge < -0.3 is 5.32 Å². The summed E-state index contributed by atoms with van der Waals surface area (Å²) in [4.78, 5) is 10.3. The zero-order valence-electron chi connectivity index (χ0n) is 6.62. The van der Waals surface area contributed by atoms with Crippen molar-refractivity contribution in [2.24, 2.45) is 0 Å². The second kappa shape index (κ2) is 7.21. The van der Waals surface area contributed by atoms with E-state index in [1.807, 2.05) is 13.8 Å². The van der Waals surface area contributed by atoms with Crippen molar-refractivity contribution in [3.8, 4) is 0 Å². The fraction of sp³-hybridized carbons (Fsp3) is 0.571. The van der Waals surface area contributed by atoms with Gasteiger partial charge in [-0.3, -0.25) is 4.79 Å². The molecule has 0 spiro atoms. The molecule has 0 aromatic rings. The van der Waals surface area contributed by atoms with E-state index >= 15 is 0 Å². The summed E-state index contributed by atoms with van der Waals surface area (Å²) in [7, 11) is 1.58. The van der Waals surface area contributed by atoms with E-state index in [4.69, 9.17) is 0 Å². The van der Waals surface area contributed by atoms with E-state index in [-0.39, 0.29) is 5.91 Å². The Labute approximate surface area is 57.0 Å². The minimum atomic E-state index is -0.0972. The van der Waals surface area contributed by atoms with Crippen molar-refractivity contribution < 1.29 is 4.79 Å². The summed E-state index contributed by atoms with van der Waals surface area (Å²) in [6.45, 7) is 9.08. The Morgan fingerprint density at radius 3 is 1.78 bits per heavy atom. The summed E-state index contributed by atoms with van der Waals surface area (Å²) in [6, 6.07) is 0. The van der Waals surface area contributed by atoms with Crippen molar-refractivity contribution in [1.82, 2.24) is 5.32 Å². The van der Waals surface area contributed by atoms with Crippen molar-refractivity contribution in [1.29, 1.82) is 0 Å². The molecular formula is C7H15NO. The molecule has 0 bridgehead atoms. The molecule has 0 fully saturated rings. The fourth-order valence-electron chi connectivity index (χ4n) is 0.213. The third kappa shape index (κ3) is 7.21. The molecule has 0 aliphatic carbocycles. The van der Waals surface area contributed by atoms with Crippen LogP contribution in [0.3, 0.4) is 0 Å². The van der Waals surface area contributed by atoms with E-state index in [1.54, 1.807) is 14.0 Å². The van der Waals surface area contributed by atoms with Crippen LogP contribution in [0.2, 0.25) is 0 Å². The molecule has 0 aliphatic rings. The fourth-order valence-corrected chi connectivity index (χ4v) is 0.213. The van der Waals surface area contributed by atoms with E-state index in [2.05, 4.69) is 11.9 Å². The third-order valence-electron chi connectivity index (χ3n) is 0.615. The molecule has 0 heterocycles. The number of carbonyl (C=O) groups is 1. The van der Waals surface area contributed by atoms with Crippen LogP contribution < -0.4 is 5.32 Å². The summed E-state index contributed by atoms with van der Waals surface area (Å²) in [5.41, 5.74) is 0.544. The van der Waals surface area contributed by atoms with Gasteiger partial charge in [-0.05, 0) is 6.92 Å². The topological polar surface area (TPSA) is 29.1 Å². The van der Waals surface area contributed by atoms with Gasteiger partial charge in [0.25, 0.3) is 0 Å². The number of hydrogen-bond donors (Lipinski definition) is 1. The van der Waals surface area contributed by atoms with E-state index in [0.717, 1.165) is 0 Å². The SMILES string of the molecule is C=C(C)C(=O)NC.CC. The van der Waals surface area contributed by atoms with Gasteiger partial charge >= 0.3 is 0 Å². The summed E-state index contributed by atoms with van der Waals surface area (Å²) in [6.07, 6.45) is 0. The molecule has 2 nitrogen and oxygen atoms in total. The molecule has 0 rings (SSSR count). The normalized spacial score (nSPS) is 6.67. The quantitative estimate of drug-likeness (QED) is 0.532. The van der Waals surface area contributed by atoms with Crippen LogP contribution in [-0.4, -0.2) is 13.0 Å². The molecule has 1 N–H and O–H groups in total. The molecule has 0 aromatic carbocycles. The van der Waals surface area contributed by atoms with Gasteiger partial charge in [0.1, 0.15) is 0 Å². The van der Waals surface area contributed by atoms with Crippen molar-refractivity contribution in [2.75, 3.05) is 7.05 Å². The Hall–Kier alpha value is -0.790. The van der Waals surface area contributed by atoms with Gasteiger partial charge in [-0.15, -0.1) is 0 Å². The van der Waals surface area contributed by atoms with Crippen LogP contribution in [0, 0.1) is 0 Å². The van der Waals surface area contributed by atoms with Gasteiger partial charge in [0.05, 0.1) is 0 Å². The Bertz CT molecular complexity index is 97.1. The highest BCUT2D eigenvalue weighted by Gasteiger charge is 1.92. The van der Waals surface area contributed by atoms with Crippen LogP contribution in [-0.2, 0) is 4.79 Å². The van der Waals surface area contributed by atoms with E-state index < -0.39 is 0 Å². The molecular weight excluding hydrogens is 114 g/mol. The Morgan fingerprint density at radius 2 is 1.78 bits per heavy atom. The Kier molecular flexibility index (Phi) is 8.87. The van der Waals surface area contributed by atoms with Crippen LogP contribution in [0.5, 0.6) is 0 Å². The highest BCUT2D eigenvalue weighted by atomic mass is 16.1. The first-order valence-corrected chi connectivity index (χ1v) is 3.06. The van der Waals surface area contributed by atoms with Gasteiger partial charge in [-0.1, -0.05) is 20.4 Å². The summed E-state index contributed by atoms with van der Waals surface area (Å²) in [5.74, 6) is -0.0972. The van der Waals surface area contributed by atoms with Gasteiger partial charge in [0.15, 0.2) is 0 Å². The Morgan fingerprint density at radius 1 is 1.44 bits per heavy atom. The van der Waals surface area contributed by atoms with E-state index in [1.165, 1.54) is 0 Å². The largest absolute Gasteiger partial charge is 0.355 e. The average Bonchev–Trinajstić information content (AvgIpc) is 1.91. The number of rotatable bonds is 1. The maximum Gasteiger partial charge on any atom is 0.246 e. The predicted octanol–water partition coefficient (Wildman–Crippen LogP) is 1.33. The minimum Gasteiger partial charge on any atom is -0.355 e. The Balaban J connectivity index is 0. The summed E-state index contributed by atoms with van der Waals surface area (Å²) < 4.78 is 0.